The zero-order valence-electron chi connectivity index (χ0n) is 18.8. The number of sulfone groups is 1. The Labute approximate surface area is 188 Å². The number of benzene rings is 2. The minimum atomic E-state index is -4.04. The van der Waals surface area contributed by atoms with Gasteiger partial charge < -0.3 is 9.47 Å². The van der Waals surface area contributed by atoms with E-state index in [2.05, 4.69) is 6.92 Å². The van der Waals surface area contributed by atoms with Crippen LogP contribution in [0.4, 0.5) is 10.1 Å². The van der Waals surface area contributed by atoms with Gasteiger partial charge in [-0.3, -0.25) is 4.79 Å². The maximum absolute atomic E-state index is 15.2. The molecular formula is C25H29FN2O3S. The number of aryl methyl sites for hydroxylation is 2. The molecule has 0 N–H and O–H groups in total. The summed E-state index contributed by atoms with van der Waals surface area (Å²) in [6.45, 7) is 8.05. The first kappa shape index (κ1) is 22.5. The highest BCUT2D eigenvalue weighted by Gasteiger charge is 2.26. The number of anilines is 1. The van der Waals surface area contributed by atoms with E-state index in [1.807, 2.05) is 18.7 Å². The molecule has 5 nitrogen and oxygen atoms in total. The number of nitrogens with zero attached hydrogens (tertiary/aromatic N) is 2. The molecule has 4 rings (SSSR count). The highest BCUT2D eigenvalue weighted by molar-refractivity contribution is 7.91. The normalized spacial score (nSPS) is 17.1. The molecule has 0 amide bonds. The third-order valence-electron chi connectivity index (χ3n) is 6.20. The number of aromatic nitrogens is 1. The van der Waals surface area contributed by atoms with Crippen molar-refractivity contribution in [1.82, 2.24) is 4.57 Å². The van der Waals surface area contributed by atoms with Crippen LogP contribution in [0, 0.1) is 18.7 Å². The average Bonchev–Trinajstić information content (AvgIpc) is 2.75. The second-order valence-corrected chi connectivity index (χ2v) is 10.8. The molecule has 0 bridgehead atoms. The number of piperidine rings is 1. The van der Waals surface area contributed by atoms with Gasteiger partial charge in [0.25, 0.3) is 0 Å². The smallest absolute Gasteiger partial charge is 0.211 e. The van der Waals surface area contributed by atoms with Gasteiger partial charge in [-0.25, -0.2) is 12.8 Å². The van der Waals surface area contributed by atoms with Crippen LogP contribution in [-0.2, 0) is 16.4 Å². The SMILES string of the molecule is CCCn1cc(S(=O)(=O)c2ccc(C)cc2)c(=O)c2cc(F)c(N3CCC[C@H](C)C3)cc21. The second-order valence-electron chi connectivity index (χ2n) is 8.85. The molecule has 1 aliphatic heterocycles. The lowest BCUT2D eigenvalue weighted by molar-refractivity contribution is 0.442. The van der Waals surface area contributed by atoms with Crippen LogP contribution in [0.15, 0.2) is 57.2 Å². The summed E-state index contributed by atoms with van der Waals surface area (Å²) in [4.78, 5) is 15.1. The minimum Gasteiger partial charge on any atom is -0.369 e. The Morgan fingerprint density at radius 2 is 1.88 bits per heavy atom. The van der Waals surface area contributed by atoms with E-state index < -0.39 is 21.1 Å². The van der Waals surface area contributed by atoms with Crippen LogP contribution in [0.5, 0.6) is 0 Å². The quantitative estimate of drug-likeness (QED) is 0.546. The predicted molar refractivity (Wildman–Crippen MR) is 126 cm³/mol. The fraction of sp³-hybridized carbons (Fsp3) is 0.400. The summed E-state index contributed by atoms with van der Waals surface area (Å²) in [5, 5.41) is 0.0953. The van der Waals surface area contributed by atoms with Gasteiger partial charge in [0, 0.05) is 25.8 Å². The number of hydrogen-bond acceptors (Lipinski definition) is 4. The minimum absolute atomic E-state index is 0.0574. The van der Waals surface area contributed by atoms with Gasteiger partial charge in [0.1, 0.15) is 10.7 Å². The number of pyridine rings is 1. The molecule has 170 valence electrons. The maximum Gasteiger partial charge on any atom is 0.211 e. The van der Waals surface area contributed by atoms with Crippen molar-refractivity contribution < 1.29 is 12.8 Å². The number of halogens is 1. The van der Waals surface area contributed by atoms with Crippen molar-refractivity contribution in [2.45, 2.75) is 56.4 Å². The molecule has 7 heteroatoms. The summed E-state index contributed by atoms with van der Waals surface area (Å²) in [7, 11) is -4.04. The van der Waals surface area contributed by atoms with Gasteiger partial charge >= 0.3 is 0 Å². The third-order valence-corrected chi connectivity index (χ3v) is 7.96. The van der Waals surface area contributed by atoms with Gasteiger partial charge in [-0.15, -0.1) is 0 Å². The average molecular weight is 457 g/mol. The van der Waals surface area contributed by atoms with Crippen molar-refractivity contribution in [2.24, 2.45) is 5.92 Å². The third kappa shape index (κ3) is 4.06. The van der Waals surface area contributed by atoms with E-state index in [4.69, 9.17) is 0 Å². The molecule has 1 aliphatic rings. The largest absolute Gasteiger partial charge is 0.369 e. The van der Waals surface area contributed by atoms with Gasteiger partial charge in [0.2, 0.25) is 15.3 Å². The fourth-order valence-corrected chi connectivity index (χ4v) is 5.85. The Hall–Kier alpha value is -2.67. The van der Waals surface area contributed by atoms with E-state index in [1.165, 1.54) is 24.4 Å². The van der Waals surface area contributed by atoms with Gasteiger partial charge in [-0.1, -0.05) is 31.5 Å². The highest BCUT2D eigenvalue weighted by Crippen LogP contribution is 2.30. The molecule has 2 aromatic carbocycles. The molecule has 1 saturated heterocycles. The molecule has 3 aromatic rings. The highest BCUT2D eigenvalue weighted by atomic mass is 32.2. The van der Waals surface area contributed by atoms with Crippen LogP contribution < -0.4 is 10.3 Å². The number of rotatable bonds is 5. The Kier molecular flexibility index (Phi) is 6.12. The van der Waals surface area contributed by atoms with Crippen molar-refractivity contribution in [3.8, 4) is 0 Å². The van der Waals surface area contributed by atoms with Crippen LogP contribution in [0.3, 0.4) is 0 Å². The maximum atomic E-state index is 15.2. The monoisotopic (exact) mass is 456 g/mol. The molecule has 32 heavy (non-hydrogen) atoms. The fourth-order valence-electron chi connectivity index (χ4n) is 4.48. The van der Waals surface area contributed by atoms with E-state index in [9.17, 15) is 13.2 Å². The topological polar surface area (TPSA) is 59.4 Å². The molecule has 0 spiro atoms. The van der Waals surface area contributed by atoms with Crippen molar-refractivity contribution in [3.05, 3.63) is 64.2 Å². The molecule has 0 aliphatic carbocycles. The summed E-state index contributed by atoms with van der Waals surface area (Å²) in [6, 6.07) is 9.32. The molecule has 1 atom stereocenters. The lowest BCUT2D eigenvalue weighted by atomic mass is 9.99. The molecule has 2 heterocycles. The van der Waals surface area contributed by atoms with Crippen LogP contribution in [-0.4, -0.2) is 26.1 Å². The Morgan fingerprint density at radius 3 is 2.53 bits per heavy atom. The standard InChI is InChI=1S/C25H29FN2O3S/c1-4-11-27-16-24(32(30,31)19-9-7-17(2)8-10-19)25(29)20-13-21(26)23(14-22(20)27)28-12-5-6-18(3)15-28/h7-10,13-14,16,18H,4-6,11-12,15H2,1-3H3/t18-/m0/s1. The van der Waals surface area contributed by atoms with Crippen molar-refractivity contribution in [3.63, 3.8) is 0 Å². The van der Waals surface area contributed by atoms with Crippen molar-refractivity contribution in [1.29, 1.82) is 0 Å². The summed E-state index contributed by atoms with van der Waals surface area (Å²) in [5.74, 6) is -0.0182. The van der Waals surface area contributed by atoms with Crippen molar-refractivity contribution >= 4 is 26.4 Å². The second kappa shape index (κ2) is 8.70. The van der Waals surface area contributed by atoms with E-state index >= 15 is 4.39 Å². The first-order chi connectivity index (χ1) is 15.2. The van der Waals surface area contributed by atoms with Crippen LogP contribution >= 0.6 is 0 Å². The van der Waals surface area contributed by atoms with Gasteiger partial charge in [-0.2, -0.15) is 0 Å². The molecule has 0 saturated carbocycles. The summed E-state index contributed by atoms with van der Waals surface area (Å²) in [5.41, 5.74) is 1.30. The van der Waals surface area contributed by atoms with E-state index in [1.54, 1.807) is 22.8 Å². The van der Waals surface area contributed by atoms with Gasteiger partial charge in [0.05, 0.1) is 21.5 Å². The van der Waals surface area contributed by atoms with E-state index in [-0.39, 0.29) is 15.2 Å². The molecule has 1 fully saturated rings. The number of fused-ring (bicyclic) bond motifs is 1. The molecule has 0 radical (unpaired) electrons. The summed E-state index contributed by atoms with van der Waals surface area (Å²) < 4.78 is 43.5. The van der Waals surface area contributed by atoms with Crippen LogP contribution in [0.2, 0.25) is 0 Å². The molecule has 1 aromatic heterocycles. The van der Waals surface area contributed by atoms with E-state index in [0.717, 1.165) is 37.9 Å². The summed E-state index contributed by atoms with van der Waals surface area (Å²) >= 11 is 0. The van der Waals surface area contributed by atoms with Gasteiger partial charge in [0.15, 0.2) is 0 Å². The van der Waals surface area contributed by atoms with Crippen molar-refractivity contribution in [2.75, 3.05) is 18.0 Å². The first-order valence-corrected chi connectivity index (χ1v) is 12.6. The summed E-state index contributed by atoms with van der Waals surface area (Å²) in [6.07, 6.45) is 4.28. The van der Waals surface area contributed by atoms with Gasteiger partial charge in [-0.05, 0) is 56.4 Å². The van der Waals surface area contributed by atoms with E-state index in [0.29, 0.717) is 23.7 Å². The first-order valence-electron chi connectivity index (χ1n) is 11.2. The van der Waals surface area contributed by atoms with Crippen LogP contribution in [0.1, 0.15) is 38.7 Å². The Balaban J connectivity index is 1.92. The zero-order chi connectivity index (χ0) is 23.0. The Morgan fingerprint density at radius 1 is 1.16 bits per heavy atom. The lowest BCUT2D eigenvalue weighted by Gasteiger charge is -2.33. The Bertz CT molecular complexity index is 1310. The lowest BCUT2D eigenvalue weighted by Crippen LogP contribution is -2.35. The molecular weight excluding hydrogens is 427 g/mol. The zero-order valence-corrected chi connectivity index (χ0v) is 19.6. The predicted octanol–water partition coefficient (Wildman–Crippen LogP) is 4.93. The molecule has 0 unspecified atom stereocenters. The van der Waals surface area contributed by atoms with Crippen LogP contribution in [0.25, 0.3) is 10.9 Å². The number of hydrogen-bond donors (Lipinski definition) is 0.